The number of amides is 1. The zero-order valence-corrected chi connectivity index (χ0v) is 19.9. The molecule has 1 amide bonds. The molecule has 2 aromatic rings. The van der Waals surface area contributed by atoms with Crippen LogP contribution in [0.3, 0.4) is 0 Å². The fourth-order valence-corrected chi connectivity index (χ4v) is 4.85. The third kappa shape index (κ3) is 4.90. The number of carbonyl (C=O) groups is 3. The normalized spacial score (nSPS) is 15.3. The number of H-pyrrole nitrogens is 1. The van der Waals surface area contributed by atoms with Crippen LogP contribution in [0.4, 0.5) is 0 Å². The van der Waals surface area contributed by atoms with Crippen molar-refractivity contribution in [1.29, 1.82) is 0 Å². The highest BCUT2D eigenvalue weighted by atomic mass is 35.5. The summed E-state index contributed by atoms with van der Waals surface area (Å²) >= 11 is 6.32. The van der Waals surface area contributed by atoms with Crippen molar-refractivity contribution in [1.82, 2.24) is 9.88 Å². The lowest BCUT2D eigenvalue weighted by Crippen LogP contribution is -2.46. The highest BCUT2D eigenvalue weighted by molar-refractivity contribution is 6.33. The lowest BCUT2D eigenvalue weighted by Gasteiger charge is -2.34. The summed E-state index contributed by atoms with van der Waals surface area (Å²) in [6.07, 6.45) is 5.57. The lowest BCUT2D eigenvalue weighted by atomic mass is 9.88. The van der Waals surface area contributed by atoms with Crippen LogP contribution >= 0.6 is 11.6 Å². The van der Waals surface area contributed by atoms with E-state index in [0.29, 0.717) is 39.9 Å². The number of rotatable bonds is 7. The Morgan fingerprint density at radius 3 is 2.44 bits per heavy atom. The largest absolute Gasteiger partial charge is 0.464 e. The number of halogens is 1. The van der Waals surface area contributed by atoms with Crippen LogP contribution in [0.5, 0.6) is 0 Å². The van der Waals surface area contributed by atoms with Crippen molar-refractivity contribution in [3.63, 3.8) is 0 Å². The average molecular weight is 459 g/mol. The molecule has 1 aromatic carbocycles. The molecule has 1 atom stereocenters. The number of ketones is 1. The first-order valence-electron chi connectivity index (χ1n) is 11.1. The molecule has 7 heteroatoms. The number of carbonyl (C=O) groups excluding carboxylic acids is 3. The zero-order valence-electron chi connectivity index (χ0n) is 19.2. The van der Waals surface area contributed by atoms with Crippen LogP contribution in [0.15, 0.2) is 24.3 Å². The Morgan fingerprint density at radius 2 is 1.81 bits per heavy atom. The molecule has 1 unspecified atom stereocenters. The van der Waals surface area contributed by atoms with Gasteiger partial charge in [-0.2, -0.15) is 0 Å². The molecule has 0 aliphatic heterocycles. The first-order chi connectivity index (χ1) is 15.3. The van der Waals surface area contributed by atoms with E-state index in [1.165, 1.54) is 13.5 Å². The highest BCUT2D eigenvalue weighted by Gasteiger charge is 2.33. The molecule has 1 fully saturated rings. The van der Waals surface area contributed by atoms with Crippen LogP contribution in [-0.2, 0) is 4.74 Å². The predicted molar refractivity (Wildman–Crippen MR) is 124 cm³/mol. The second-order valence-corrected chi connectivity index (χ2v) is 9.01. The summed E-state index contributed by atoms with van der Waals surface area (Å²) in [5, 5.41) is 0.368. The number of aromatic nitrogens is 1. The number of hydrogen-bond donors (Lipinski definition) is 1. The highest BCUT2D eigenvalue weighted by Crippen LogP contribution is 2.29. The molecular weight excluding hydrogens is 428 g/mol. The first-order valence-corrected chi connectivity index (χ1v) is 11.5. The van der Waals surface area contributed by atoms with Crippen molar-refractivity contribution < 1.29 is 19.1 Å². The van der Waals surface area contributed by atoms with Gasteiger partial charge >= 0.3 is 5.97 Å². The van der Waals surface area contributed by atoms with Crippen molar-refractivity contribution in [3.8, 4) is 0 Å². The van der Waals surface area contributed by atoms with E-state index in [4.69, 9.17) is 16.3 Å². The van der Waals surface area contributed by atoms with Gasteiger partial charge in [0.15, 0.2) is 5.78 Å². The van der Waals surface area contributed by atoms with Crippen molar-refractivity contribution in [3.05, 3.63) is 57.4 Å². The van der Waals surface area contributed by atoms with E-state index in [-0.39, 0.29) is 17.4 Å². The van der Waals surface area contributed by atoms with E-state index in [0.717, 1.165) is 25.7 Å². The Labute approximate surface area is 194 Å². The number of Topliss-reactive ketones (excluding diaryl/α,β-unsaturated/α-hetero) is 1. The van der Waals surface area contributed by atoms with Crippen molar-refractivity contribution in [2.45, 2.75) is 58.9 Å². The second-order valence-electron chi connectivity index (χ2n) is 8.60. The number of benzene rings is 1. The number of ether oxygens (including phenoxy) is 1. The van der Waals surface area contributed by atoms with Crippen LogP contribution in [-0.4, -0.2) is 47.2 Å². The molecule has 1 aromatic heterocycles. The Morgan fingerprint density at radius 1 is 1.16 bits per heavy atom. The van der Waals surface area contributed by atoms with Gasteiger partial charge in [0.1, 0.15) is 5.69 Å². The van der Waals surface area contributed by atoms with Gasteiger partial charge in [-0.05, 0) is 57.2 Å². The van der Waals surface area contributed by atoms with Crippen LogP contribution in [0.25, 0.3) is 0 Å². The summed E-state index contributed by atoms with van der Waals surface area (Å²) in [7, 11) is 1.30. The molecule has 32 heavy (non-hydrogen) atoms. The molecule has 1 saturated carbocycles. The van der Waals surface area contributed by atoms with Gasteiger partial charge in [0.2, 0.25) is 0 Å². The third-order valence-corrected chi connectivity index (χ3v) is 6.79. The van der Waals surface area contributed by atoms with Gasteiger partial charge in [-0.25, -0.2) is 4.79 Å². The summed E-state index contributed by atoms with van der Waals surface area (Å²) in [4.78, 5) is 43.9. The van der Waals surface area contributed by atoms with Gasteiger partial charge in [-0.1, -0.05) is 43.0 Å². The Balaban J connectivity index is 1.96. The van der Waals surface area contributed by atoms with Gasteiger partial charge in [0, 0.05) is 17.8 Å². The summed E-state index contributed by atoms with van der Waals surface area (Å²) < 4.78 is 4.82. The van der Waals surface area contributed by atoms with Crippen LogP contribution < -0.4 is 0 Å². The molecule has 6 nitrogen and oxygen atoms in total. The maximum absolute atomic E-state index is 13.6. The molecule has 172 valence electrons. The van der Waals surface area contributed by atoms with E-state index in [1.807, 2.05) is 0 Å². The van der Waals surface area contributed by atoms with Gasteiger partial charge in [-0.15, -0.1) is 0 Å². The van der Waals surface area contributed by atoms with Gasteiger partial charge < -0.3 is 14.6 Å². The Kier molecular flexibility index (Phi) is 7.77. The third-order valence-electron chi connectivity index (χ3n) is 6.47. The van der Waals surface area contributed by atoms with E-state index in [9.17, 15) is 14.4 Å². The van der Waals surface area contributed by atoms with Crippen LogP contribution in [0.1, 0.15) is 81.5 Å². The van der Waals surface area contributed by atoms with Gasteiger partial charge in [0.25, 0.3) is 5.91 Å². The number of esters is 1. The van der Waals surface area contributed by atoms with Crippen molar-refractivity contribution in [2.75, 3.05) is 13.7 Å². The maximum Gasteiger partial charge on any atom is 0.354 e. The lowest BCUT2D eigenvalue weighted by molar-refractivity contribution is 0.0577. The summed E-state index contributed by atoms with van der Waals surface area (Å²) in [6.45, 7) is 5.73. The molecule has 0 bridgehead atoms. The number of methoxy groups -OCH3 is 1. The molecule has 3 rings (SSSR count). The SMILES string of the molecule is COC(=O)c1[nH]c(C)c(C(=O)C(C)N(CC2CCCCC2)C(=O)c2ccccc2Cl)c1C. The second kappa shape index (κ2) is 10.3. The van der Waals surface area contributed by atoms with Crippen molar-refractivity contribution >= 4 is 29.3 Å². The smallest absolute Gasteiger partial charge is 0.354 e. The van der Waals surface area contributed by atoms with E-state index in [1.54, 1.807) is 49.9 Å². The number of nitrogens with one attached hydrogen (secondary N) is 1. The fourth-order valence-electron chi connectivity index (χ4n) is 4.63. The summed E-state index contributed by atoms with van der Waals surface area (Å²) in [6, 6.07) is 6.22. The monoisotopic (exact) mass is 458 g/mol. The molecule has 1 aliphatic rings. The zero-order chi connectivity index (χ0) is 23.4. The molecule has 1 N–H and O–H groups in total. The molecular formula is C25H31ClN2O4. The summed E-state index contributed by atoms with van der Waals surface area (Å²) in [5.74, 6) is -0.628. The molecule has 1 heterocycles. The fraction of sp³-hybridized carbons (Fsp3) is 0.480. The first kappa shape index (κ1) is 24.1. The topological polar surface area (TPSA) is 79.5 Å². The van der Waals surface area contributed by atoms with Gasteiger partial charge in [-0.3, -0.25) is 9.59 Å². The van der Waals surface area contributed by atoms with Crippen LogP contribution in [0.2, 0.25) is 5.02 Å². The summed E-state index contributed by atoms with van der Waals surface area (Å²) in [5.41, 5.74) is 2.20. The van der Waals surface area contributed by atoms with Gasteiger partial charge in [0.05, 0.1) is 23.7 Å². The number of aromatic amines is 1. The van der Waals surface area contributed by atoms with E-state index < -0.39 is 12.0 Å². The number of aryl methyl sites for hydroxylation is 1. The molecule has 0 saturated heterocycles. The number of hydrogen-bond acceptors (Lipinski definition) is 4. The Hall–Kier alpha value is -2.60. The minimum Gasteiger partial charge on any atom is -0.464 e. The quantitative estimate of drug-likeness (QED) is 0.447. The minimum absolute atomic E-state index is 0.206. The van der Waals surface area contributed by atoms with E-state index in [2.05, 4.69) is 4.98 Å². The van der Waals surface area contributed by atoms with Crippen molar-refractivity contribution in [2.24, 2.45) is 5.92 Å². The molecule has 1 aliphatic carbocycles. The Bertz CT molecular complexity index is 1010. The predicted octanol–water partition coefficient (Wildman–Crippen LogP) is 5.37. The molecule has 0 radical (unpaired) electrons. The average Bonchev–Trinajstić information content (AvgIpc) is 3.10. The standard InChI is InChI=1S/C25H31ClN2O4/c1-15-21(16(2)27-22(15)25(31)32-4)23(29)17(3)28(14-18-10-6-5-7-11-18)24(30)19-12-8-9-13-20(19)26/h8-9,12-13,17-18,27H,5-7,10-11,14H2,1-4H3. The van der Waals surface area contributed by atoms with Crippen LogP contribution in [0, 0.1) is 19.8 Å². The number of nitrogens with zero attached hydrogens (tertiary/aromatic N) is 1. The van der Waals surface area contributed by atoms with E-state index >= 15 is 0 Å². The molecule has 0 spiro atoms. The maximum atomic E-state index is 13.6. The minimum atomic E-state index is -0.709.